The molecule has 16 heavy (non-hydrogen) atoms. The summed E-state index contributed by atoms with van der Waals surface area (Å²) in [6, 6.07) is -0.00367. The molecule has 0 aliphatic rings. The molecule has 2 heterocycles. The summed E-state index contributed by atoms with van der Waals surface area (Å²) in [6.07, 6.45) is 0. The van der Waals surface area contributed by atoms with E-state index in [1.165, 1.54) is 0 Å². The quantitative estimate of drug-likeness (QED) is 0.869. The Morgan fingerprint density at radius 1 is 1.44 bits per heavy atom. The van der Waals surface area contributed by atoms with Crippen LogP contribution >= 0.6 is 11.3 Å². The largest absolute Gasteiger partial charge is 0.322 e. The molecule has 0 amide bonds. The lowest BCUT2D eigenvalue weighted by molar-refractivity contribution is 0.731. The van der Waals surface area contributed by atoms with Crippen molar-refractivity contribution in [2.75, 3.05) is 0 Å². The Kier molecular flexibility index (Phi) is 2.82. The minimum Gasteiger partial charge on any atom is -0.322 e. The molecule has 0 bridgehead atoms. The predicted octanol–water partition coefficient (Wildman–Crippen LogP) is 2.18. The number of hydrogen-bond donors (Lipinski definition) is 1. The van der Waals surface area contributed by atoms with Crippen LogP contribution in [0.2, 0.25) is 0 Å². The molecular weight excluding hydrogens is 220 g/mol. The summed E-state index contributed by atoms with van der Waals surface area (Å²) in [5, 5.41) is 7.41. The van der Waals surface area contributed by atoms with Gasteiger partial charge >= 0.3 is 0 Å². The Morgan fingerprint density at radius 3 is 2.56 bits per heavy atom. The topological polar surface area (TPSA) is 56.7 Å². The van der Waals surface area contributed by atoms with E-state index in [9.17, 15) is 0 Å². The number of hydrogen-bond acceptors (Lipinski definition) is 4. The fourth-order valence-corrected chi connectivity index (χ4v) is 2.52. The first-order valence-electron chi connectivity index (χ1n) is 5.22. The maximum absolute atomic E-state index is 5.81. The van der Waals surface area contributed by atoms with E-state index in [4.69, 9.17) is 5.73 Å². The molecular formula is C11H16N4S. The minimum atomic E-state index is -0.00367. The zero-order chi connectivity index (χ0) is 11.9. The van der Waals surface area contributed by atoms with Crippen LogP contribution in [0.5, 0.6) is 0 Å². The van der Waals surface area contributed by atoms with Crippen molar-refractivity contribution >= 4 is 11.3 Å². The molecule has 0 aliphatic carbocycles. The lowest BCUT2D eigenvalue weighted by atomic mass is 10.1. The first-order chi connectivity index (χ1) is 7.50. The van der Waals surface area contributed by atoms with Gasteiger partial charge in [0.25, 0.3) is 0 Å². The Balaban J connectivity index is 2.50. The van der Waals surface area contributed by atoms with E-state index in [1.54, 1.807) is 11.3 Å². The van der Waals surface area contributed by atoms with Gasteiger partial charge in [-0.2, -0.15) is 5.10 Å². The number of nitrogens with zero attached hydrogens (tertiary/aromatic N) is 3. The van der Waals surface area contributed by atoms with Gasteiger partial charge in [-0.1, -0.05) is 0 Å². The van der Waals surface area contributed by atoms with Gasteiger partial charge in [0.05, 0.1) is 17.4 Å². The van der Waals surface area contributed by atoms with Gasteiger partial charge in [0.1, 0.15) is 5.01 Å². The summed E-state index contributed by atoms with van der Waals surface area (Å²) in [4.78, 5) is 4.56. The number of aryl methyl sites for hydroxylation is 2. The predicted molar refractivity (Wildman–Crippen MR) is 66.4 cm³/mol. The molecule has 0 spiro atoms. The van der Waals surface area contributed by atoms with Gasteiger partial charge in [-0.3, -0.25) is 4.68 Å². The lowest BCUT2D eigenvalue weighted by Gasteiger charge is -1.99. The Hall–Kier alpha value is -1.20. The van der Waals surface area contributed by atoms with Gasteiger partial charge < -0.3 is 5.73 Å². The van der Waals surface area contributed by atoms with Crippen molar-refractivity contribution in [3.8, 4) is 11.3 Å². The van der Waals surface area contributed by atoms with E-state index in [0.29, 0.717) is 0 Å². The van der Waals surface area contributed by atoms with Crippen LogP contribution in [-0.4, -0.2) is 14.8 Å². The van der Waals surface area contributed by atoms with E-state index >= 15 is 0 Å². The van der Waals surface area contributed by atoms with E-state index in [2.05, 4.69) is 22.4 Å². The van der Waals surface area contributed by atoms with E-state index < -0.39 is 0 Å². The van der Waals surface area contributed by atoms with Gasteiger partial charge in [0, 0.05) is 23.7 Å². The van der Waals surface area contributed by atoms with Gasteiger partial charge in [-0.05, 0) is 20.8 Å². The number of aromatic nitrogens is 3. The van der Waals surface area contributed by atoms with Crippen molar-refractivity contribution in [2.45, 2.75) is 26.8 Å². The summed E-state index contributed by atoms with van der Waals surface area (Å²) in [5.74, 6) is 0. The Labute approximate surface area is 99.1 Å². The second-order valence-electron chi connectivity index (χ2n) is 4.03. The van der Waals surface area contributed by atoms with Gasteiger partial charge in [0.15, 0.2) is 0 Å². The molecule has 1 atom stereocenters. The molecule has 0 aliphatic heterocycles. The van der Waals surface area contributed by atoms with E-state index in [1.807, 2.05) is 25.6 Å². The Bertz CT molecular complexity index is 510. The second kappa shape index (κ2) is 3.99. The highest BCUT2D eigenvalue weighted by molar-refractivity contribution is 7.10. The van der Waals surface area contributed by atoms with Crippen LogP contribution in [0.3, 0.4) is 0 Å². The van der Waals surface area contributed by atoms with Gasteiger partial charge in [-0.25, -0.2) is 4.98 Å². The average molecular weight is 236 g/mol. The van der Waals surface area contributed by atoms with Crippen molar-refractivity contribution in [3.63, 3.8) is 0 Å². The number of nitrogens with two attached hydrogens (primary N) is 1. The third-order valence-corrected chi connectivity index (χ3v) is 3.72. The lowest BCUT2D eigenvalue weighted by Crippen LogP contribution is -2.04. The molecule has 2 N–H and O–H groups in total. The van der Waals surface area contributed by atoms with Crippen molar-refractivity contribution in [1.82, 2.24) is 14.8 Å². The maximum Gasteiger partial charge on any atom is 0.110 e. The summed E-state index contributed by atoms with van der Waals surface area (Å²) >= 11 is 1.61. The number of thiazole rings is 1. The second-order valence-corrected chi connectivity index (χ2v) is 4.92. The van der Waals surface area contributed by atoms with Crippen LogP contribution in [0.1, 0.15) is 29.4 Å². The molecule has 2 aromatic heterocycles. The monoisotopic (exact) mass is 236 g/mol. The first-order valence-corrected chi connectivity index (χ1v) is 6.10. The van der Waals surface area contributed by atoms with Crippen molar-refractivity contribution < 1.29 is 0 Å². The molecule has 1 unspecified atom stereocenters. The van der Waals surface area contributed by atoms with Gasteiger partial charge in [-0.15, -0.1) is 11.3 Å². The SMILES string of the molecule is Cc1nn(C)c(C)c1-c1csc(C(C)N)n1. The fourth-order valence-electron chi connectivity index (χ4n) is 1.76. The van der Waals surface area contributed by atoms with Crippen LogP contribution in [-0.2, 0) is 7.05 Å². The smallest absolute Gasteiger partial charge is 0.110 e. The highest BCUT2D eigenvalue weighted by Crippen LogP contribution is 2.29. The maximum atomic E-state index is 5.81. The third-order valence-electron chi connectivity index (χ3n) is 2.68. The summed E-state index contributed by atoms with van der Waals surface area (Å²) in [6.45, 7) is 6.01. The molecule has 4 nitrogen and oxygen atoms in total. The molecule has 5 heteroatoms. The number of rotatable bonds is 2. The molecule has 2 aromatic rings. The van der Waals surface area contributed by atoms with Crippen molar-refractivity contribution in [2.24, 2.45) is 12.8 Å². The van der Waals surface area contributed by atoms with Gasteiger partial charge in [0.2, 0.25) is 0 Å². The third kappa shape index (κ3) is 1.76. The molecule has 0 aromatic carbocycles. The van der Waals surface area contributed by atoms with E-state index in [0.717, 1.165) is 27.7 Å². The standard InChI is InChI=1S/C11H16N4S/c1-6(12)11-13-9(5-16-11)10-7(2)14-15(4)8(10)3/h5-6H,12H2,1-4H3. The average Bonchev–Trinajstić information content (AvgIpc) is 2.74. The molecule has 0 radical (unpaired) electrons. The van der Waals surface area contributed by atoms with Crippen molar-refractivity contribution in [1.29, 1.82) is 0 Å². The van der Waals surface area contributed by atoms with E-state index in [-0.39, 0.29) is 6.04 Å². The molecule has 0 saturated carbocycles. The first kappa shape index (κ1) is 11.3. The Morgan fingerprint density at radius 2 is 2.12 bits per heavy atom. The van der Waals surface area contributed by atoms with Crippen LogP contribution in [0.25, 0.3) is 11.3 Å². The van der Waals surface area contributed by atoms with Crippen molar-refractivity contribution in [3.05, 3.63) is 21.8 Å². The zero-order valence-electron chi connectivity index (χ0n) is 9.98. The van der Waals surface area contributed by atoms with Crippen LogP contribution in [0.4, 0.5) is 0 Å². The summed E-state index contributed by atoms with van der Waals surface area (Å²) in [7, 11) is 1.95. The summed E-state index contributed by atoms with van der Waals surface area (Å²) < 4.78 is 1.88. The molecule has 86 valence electrons. The van der Waals surface area contributed by atoms with Crippen LogP contribution in [0, 0.1) is 13.8 Å². The van der Waals surface area contributed by atoms with Crippen LogP contribution < -0.4 is 5.73 Å². The van der Waals surface area contributed by atoms with Crippen LogP contribution in [0.15, 0.2) is 5.38 Å². The fraction of sp³-hybridized carbons (Fsp3) is 0.455. The minimum absolute atomic E-state index is 0.00367. The molecule has 0 fully saturated rings. The normalized spacial score (nSPS) is 13.1. The summed E-state index contributed by atoms with van der Waals surface area (Å²) in [5.41, 5.74) is 10.1. The molecule has 2 rings (SSSR count). The molecule has 0 saturated heterocycles. The highest BCUT2D eigenvalue weighted by atomic mass is 32.1. The zero-order valence-corrected chi connectivity index (χ0v) is 10.8. The highest BCUT2D eigenvalue weighted by Gasteiger charge is 2.15.